The fourth-order valence-electron chi connectivity index (χ4n) is 2.73. The molecule has 126 valence electrons. The third kappa shape index (κ3) is 3.18. The van der Waals surface area contributed by atoms with Crippen molar-refractivity contribution in [3.05, 3.63) is 53.7 Å². The number of amides is 2. The number of nitrogens with zero attached hydrogens (tertiary/aromatic N) is 2. The summed E-state index contributed by atoms with van der Waals surface area (Å²) >= 11 is 1.36. The molecule has 3 aromatic rings. The normalized spacial score (nSPS) is 14.1. The standard InChI is InChI=1S/C18H15N3O3S/c22-16-4-1-9-21(16)13-7-5-12(6-8-13)19-17(23)14-11-25-18(20-14)15-3-2-10-24-15/h2-3,5-8,10-11H,1,4,9H2,(H,19,23). The van der Waals surface area contributed by atoms with Gasteiger partial charge in [-0.15, -0.1) is 11.3 Å². The summed E-state index contributed by atoms with van der Waals surface area (Å²) in [5.41, 5.74) is 1.86. The summed E-state index contributed by atoms with van der Waals surface area (Å²) in [7, 11) is 0. The van der Waals surface area contributed by atoms with Crippen molar-refractivity contribution in [1.29, 1.82) is 0 Å². The third-order valence-electron chi connectivity index (χ3n) is 3.98. The summed E-state index contributed by atoms with van der Waals surface area (Å²) in [4.78, 5) is 30.2. The molecule has 0 radical (unpaired) electrons. The number of furan rings is 1. The minimum Gasteiger partial charge on any atom is -0.462 e. The van der Waals surface area contributed by atoms with E-state index in [1.54, 1.807) is 40.8 Å². The third-order valence-corrected chi connectivity index (χ3v) is 4.84. The van der Waals surface area contributed by atoms with E-state index in [2.05, 4.69) is 10.3 Å². The average Bonchev–Trinajstić information content (AvgIpc) is 3.36. The molecule has 0 unspecified atom stereocenters. The SMILES string of the molecule is O=C(Nc1ccc(N2CCCC2=O)cc1)c1csc(-c2ccco2)n1. The molecule has 0 saturated carbocycles. The molecule has 2 amide bonds. The van der Waals surface area contributed by atoms with Gasteiger partial charge in [0.05, 0.1) is 6.26 Å². The van der Waals surface area contributed by atoms with E-state index in [-0.39, 0.29) is 11.8 Å². The fraction of sp³-hybridized carbons (Fsp3) is 0.167. The Morgan fingerprint density at radius 1 is 1.24 bits per heavy atom. The number of hydrogen-bond acceptors (Lipinski definition) is 5. The highest BCUT2D eigenvalue weighted by Crippen LogP contribution is 2.25. The van der Waals surface area contributed by atoms with Gasteiger partial charge in [-0.25, -0.2) is 4.98 Å². The average molecular weight is 353 g/mol. The van der Waals surface area contributed by atoms with E-state index in [1.165, 1.54) is 11.3 Å². The van der Waals surface area contributed by atoms with Crippen LogP contribution in [0.2, 0.25) is 0 Å². The lowest BCUT2D eigenvalue weighted by molar-refractivity contribution is -0.117. The van der Waals surface area contributed by atoms with Crippen LogP contribution in [0.25, 0.3) is 10.8 Å². The quantitative estimate of drug-likeness (QED) is 0.774. The molecule has 4 rings (SSSR count). The van der Waals surface area contributed by atoms with Gasteiger partial charge in [0, 0.05) is 29.7 Å². The molecule has 1 aliphatic rings. The van der Waals surface area contributed by atoms with Crippen LogP contribution in [-0.2, 0) is 4.79 Å². The van der Waals surface area contributed by atoms with Crippen LogP contribution >= 0.6 is 11.3 Å². The molecule has 2 aromatic heterocycles. The van der Waals surface area contributed by atoms with E-state index in [1.807, 2.05) is 12.1 Å². The molecule has 7 heteroatoms. The van der Waals surface area contributed by atoms with E-state index in [9.17, 15) is 9.59 Å². The van der Waals surface area contributed by atoms with Gasteiger partial charge in [0.1, 0.15) is 5.69 Å². The number of rotatable bonds is 4. The zero-order valence-electron chi connectivity index (χ0n) is 13.3. The highest BCUT2D eigenvalue weighted by molar-refractivity contribution is 7.13. The van der Waals surface area contributed by atoms with Crippen molar-refractivity contribution >= 4 is 34.5 Å². The lowest BCUT2D eigenvalue weighted by atomic mass is 10.2. The Hall–Kier alpha value is -2.93. The van der Waals surface area contributed by atoms with Gasteiger partial charge < -0.3 is 14.6 Å². The Bertz CT molecular complexity index is 900. The maximum absolute atomic E-state index is 12.3. The van der Waals surface area contributed by atoms with Gasteiger partial charge in [0.15, 0.2) is 10.8 Å². The van der Waals surface area contributed by atoms with E-state index >= 15 is 0 Å². The lowest BCUT2D eigenvalue weighted by Gasteiger charge is -2.16. The van der Waals surface area contributed by atoms with Crippen LogP contribution in [0.1, 0.15) is 23.3 Å². The molecule has 1 saturated heterocycles. The van der Waals surface area contributed by atoms with E-state index in [0.29, 0.717) is 28.6 Å². The molecular weight excluding hydrogens is 338 g/mol. The van der Waals surface area contributed by atoms with Gasteiger partial charge in [-0.05, 0) is 42.8 Å². The molecule has 0 bridgehead atoms. The molecule has 1 aliphatic heterocycles. The Balaban J connectivity index is 1.45. The maximum Gasteiger partial charge on any atom is 0.275 e. The molecule has 0 atom stereocenters. The summed E-state index contributed by atoms with van der Waals surface area (Å²) in [6, 6.07) is 10.8. The van der Waals surface area contributed by atoms with Crippen LogP contribution < -0.4 is 10.2 Å². The summed E-state index contributed by atoms with van der Waals surface area (Å²) in [6.07, 6.45) is 3.06. The van der Waals surface area contributed by atoms with Gasteiger partial charge in [-0.3, -0.25) is 9.59 Å². The Morgan fingerprint density at radius 3 is 2.76 bits per heavy atom. The molecular formula is C18H15N3O3S. The van der Waals surface area contributed by atoms with Crippen molar-refractivity contribution in [2.75, 3.05) is 16.8 Å². The molecule has 1 aromatic carbocycles. The largest absolute Gasteiger partial charge is 0.462 e. The molecule has 6 nitrogen and oxygen atoms in total. The first-order valence-electron chi connectivity index (χ1n) is 7.92. The van der Waals surface area contributed by atoms with Gasteiger partial charge in [0.25, 0.3) is 5.91 Å². The Kier molecular flexibility index (Phi) is 4.07. The van der Waals surface area contributed by atoms with Crippen LogP contribution in [0.15, 0.2) is 52.5 Å². The first-order chi connectivity index (χ1) is 12.2. The molecule has 1 fully saturated rings. The predicted octanol–water partition coefficient (Wildman–Crippen LogP) is 3.78. The van der Waals surface area contributed by atoms with Crippen molar-refractivity contribution in [2.45, 2.75) is 12.8 Å². The van der Waals surface area contributed by atoms with Gasteiger partial charge in [0.2, 0.25) is 5.91 Å². The maximum atomic E-state index is 12.3. The lowest BCUT2D eigenvalue weighted by Crippen LogP contribution is -2.23. The highest BCUT2D eigenvalue weighted by atomic mass is 32.1. The first kappa shape index (κ1) is 15.6. The summed E-state index contributed by atoms with van der Waals surface area (Å²) in [5.74, 6) is 0.507. The Labute approximate surface area is 148 Å². The molecule has 3 heterocycles. The second kappa shape index (κ2) is 6.52. The molecule has 0 spiro atoms. The minimum atomic E-state index is -0.279. The van der Waals surface area contributed by atoms with Crippen molar-refractivity contribution in [2.24, 2.45) is 0 Å². The number of nitrogens with one attached hydrogen (secondary N) is 1. The van der Waals surface area contributed by atoms with Crippen molar-refractivity contribution in [3.63, 3.8) is 0 Å². The summed E-state index contributed by atoms with van der Waals surface area (Å²) < 4.78 is 5.29. The predicted molar refractivity (Wildman–Crippen MR) is 95.8 cm³/mol. The minimum absolute atomic E-state index is 0.143. The number of thiazole rings is 1. The zero-order chi connectivity index (χ0) is 17.2. The van der Waals surface area contributed by atoms with Crippen LogP contribution in [0.5, 0.6) is 0 Å². The molecule has 1 N–H and O–H groups in total. The van der Waals surface area contributed by atoms with Crippen LogP contribution in [-0.4, -0.2) is 23.3 Å². The number of carbonyl (C=O) groups excluding carboxylic acids is 2. The molecule has 0 aliphatic carbocycles. The van der Waals surface area contributed by atoms with E-state index < -0.39 is 0 Å². The van der Waals surface area contributed by atoms with Crippen LogP contribution in [0.3, 0.4) is 0 Å². The molecule has 25 heavy (non-hydrogen) atoms. The Morgan fingerprint density at radius 2 is 2.08 bits per heavy atom. The number of aromatic nitrogens is 1. The van der Waals surface area contributed by atoms with Crippen molar-refractivity contribution in [1.82, 2.24) is 4.98 Å². The highest BCUT2D eigenvalue weighted by Gasteiger charge is 2.21. The van der Waals surface area contributed by atoms with E-state index in [4.69, 9.17) is 4.42 Å². The number of anilines is 2. The second-order valence-electron chi connectivity index (χ2n) is 5.67. The number of benzene rings is 1. The van der Waals surface area contributed by atoms with Crippen molar-refractivity contribution in [3.8, 4) is 10.8 Å². The zero-order valence-corrected chi connectivity index (χ0v) is 14.1. The number of hydrogen-bond donors (Lipinski definition) is 1. The monoisotopic (exact) mass is 353 g/mol. The second-order valence-corrected chi connectivity index (χ2v) is 6.52. The van der Waals surface area contributed by atoms with Gasteiger partial charge in [-0.2, -0.15) is 0 Å². The fourth-order valence-corrected chi connectivity index (χ4v) is 3.50. The first-order valence-corrected chi connectivity index (χ1v) is 8.80. The smallest absolute Gasteiger partial charge is 0.275 e. The van der Waals surface area contributed by atoms with Crippen LogP contribution in [0.4, 0.5) is 11.4 Å². The summed E-state index contributed by atoms with van der Waals surface area (Å²) in [6.45, 7) is 0.749. The summed E-state index contributed by atoms with van der Waals surface area (Å²) in [5, 5.41) is 5.18. The van der Waals surface area contributed by atoms with Crippen LogP contribution in [0, 0.1) is 0 Å². The van der Waals surface area contributed by atoms with Crippen molar-refractivity contribution < 1.29 is 14.0 Å². The topological polar surface area (TPSA) is 75.4 Å². The van der Waals surface area contributed by atoms with Gasteiger partial charge >= 0.3 is 0 Å². The van der Waals surface area contributed by atoms with Gasteiger partial charge in [-0.1, -0.05) is 0 Å². The number of carbonyl (C=O) groups is 2. The van der Waals surface area contributed by atoms with E-state index in [0.717, 1.165) is 18.7 Å².